The molecule has 1 amide bonds. The number of carbonyl (C=O) groups is 1. The van der Waals surface area contributed by atoms with Crippen LogP contribution in [0.2, 0.25) is 10.0 Å². The van der Waals surface area contributed by atoms with Gasteiger partial charge in [0.25, 0.3) is 0 Å². The van der Waals surface area contributed by atoms with Crippen LogP contribution in [0.3, 0.4) is 0 Å². The molecular weight excluding hydrogens is 612 g/mol. The second-order valence-corrected chi connectivity index (χ2v) is 12.6. The van der Waals surface area contributed by atoms with Gasteiger partial charge in [-0.15, -0.1) is 0 Å². The second-order valence-electron chi connectivity index (χ2n) is 11.8. The molecule has 0 radical (unpaired) electrons. The van der Waals surface area contributed by atoms with Crippen molar-refractivity contribution in [2.75, 3.05) is 57.9 Å². The summed E-state index contributed by atoms with van der Waals surface area (Å²) in [5.41, 5.74) is 0.163. The topological polar surface area (TPSA) is 98.3 Å². The average Bonchev–Trinajstić information content (AvgIpc) is 3.00. The number of hydrogen-bond acceptors (Lipinski definition) is 9. The molecule has 0 atom stereocenters. The molecule has 3 aromatic rings. The fourth-order valence-electron chi connectivity index (χ4n) is 5.08. The number of nitrogens with zero attached hydrogens (tertiary/aromatic N) is 4. The molecule has 0 unspecified atom stereocenters. The second kappa shape index (κ2) is 14.3. The number of carbonyl (C=O) groups excluding carboxylic acids is 1. The first-order valence-electron chi connectivity index (χ1n) is 14.8. The number of hydrogen-bond donors (Lipinski definition) is 1. The molecule has 10 nitrogen and oxygen atoms in total. The molecule has 0 bridgehead atoms. The number of halogens is 3. The highest BCUT2D eigenvalue weighted by Crippen LogP contribution is 2.38. The third kappa shape index (κ3) is 8.32. The van der Waals surface area contributed by atoms with Crippen molar-refractivity contribution in [2.45, 2.75) is 51.7 Å². The zero-order valence-corrected chi connectivity index (χ0v) is 26.7. The van der Waals surface area contributed by atoms with Crippen LogP contribution in [0, 0.1) is 5.82 Å². The Hall–Kier alpha value is -3.12. The third-order valence-corrected chi connectivity index (χ3v) is 8.14. The largest absolute Gasteiger partial charge is 0.490 e. The van der Waals surface area contributed by atoms with Gasteiger partial charge < -0.3 is 29.2 Å². The Bertz CT molecular complexity index is 1460. The zero-order chi connectivity index (χ0) is 31.3. The Morgan fingerprint density at radius 2 is 1.84 bits per heavy atom. The Labute approximate surface area is 266 Å². The lowest BCUT2D eigenvalue weighted by atomic mass is 10.1. The first kappa shape index (κ1) is 32.3. The number of nitrogens with one attached hydrogen (secondary N) is 1. The summed E-state index contributed by atoms with van der Waals surface area (Å²) in [4.78, 5) is 25.4. The number of piperidine rings is 1. The molecule has 0 aliphatic carbocycles. The summed E-state index contributed by atoms with van der Waals surface area (Å²) >= 11 is 12.0. The summed E-state index contributed by atoms with van der Waals surface area (Å²) in [5.74, 6) is 0.765. The van der Waals surface area contributed by atoms with E-state index in [1.54, 1.807) is 4.90 Å². The van der Waals surface area contributed by atoms with E-state index < -0.39 is 11.4 Å². The molecule has 1 N–H and O–H groups in total. The maximum Gasteiger partial charge on any atom is 0.410 e. The summed E-state index contributed by atoms with van der Waals surface area (Å²) in [6.07, 6.45) is 2.99. The molecular formula is C31H38Cl2FN5O5. The normalized spacial score (nSPS) is 16.6. The van der Waals surface area contributed by atoms with Gasteiger partial charge in [0.1, 0.15) is 23.9 Å². The Morgan fingerprint density at radius 1 is 1.09 bits per heavy atom. The van der Waals surface area contributed by atoms with Gasteiger partial charge in [0.05, 0.1) is 41.1 Å². The summed E-state index contributed by atoms with van der Waals surface area (Å²) in [6.45, 7) is 11.3. The molecule has 2 aliphatic rings. The lowest BCUT2D eigenvalue weighted by molar-refractivity contribution is 0.0124. The van der Waals surface area contributed by atoms with Crippen molar-refractivity contribution in [3.63, 3.8) is 0 Å². The molecule has 1 aromatic heterocycles. The molecule has 13 heteroatoms. The number of ether oxygens (including phenoxy) is 4. The molecule has 44 heavy (non-hydrogen) atoms. The van der Waals surface area contributed by atoms with Crippen molar-refractivity contribution in [2.24, 2.45) is 0 Å². The lowest BCUT2D eigenvalue weighted by Crippen LogP contribution is -2.44. The number of anilines is 2. The lowest BCUT2D eigenvalue weighted by Gasteiger charge is -2.33. The maximum absolute atomic E-state index is 14.9. The number of fused-ring (bicyclic) bond motifs is 1. The molecule has 2 aromatic carbocycles. The Kier molecular flexibility index (Phi) is 10.5. The van der Waals surface area contributed by atoms with Crippen molar-refractivity contribution in [3.05, 3.63) is 46.5 Å². The van der Waals surface area contributed by atoms with Gasteiger partial charge in [-0.1, -0.05) is 23.2 Å². The maximum atomic E-state index is 14.9. The van der Waals surface area contributed by atoms with E-state index in [4.69, 9.17) is 42.1 Å². The van der Waals surface area contributed by atoms with Gasteiger partial charge in [0.15, 0.2) is 17.3 Å². The highest BCUT2D eigenvalue weighted by atomic mass is 35.5. The minimum atomic E-state index is -0.681. The van der Waals surface area contributed by atoms with Gasteiger partial charge in [0, 0.05) is 57.0 Å². The van der Waals surface area contributed by atoms with Gasteiger partial charge in [-0.05, 0) is 45.4 Å². The van der Waals surface area contributed by atoms with Crippen LogP contribution in [0.1, 0.15) is 40.0 Å². The van der Waals surface area contributed by atoms with Crippen LogP contribution in [0.25, 0.3) is 10.9 Å². The summed E-state index contributed by atoms with van der Waals surface area (Å²) < 4.78 is 38.6. The molecule has 238 valence electrons. The van der Waals surface area contributed by atoms with Crippen LogP contribution in [0.5, 0.6) is 11.5 Å². The van der Waals surface area contributed by atoms with E-state index in [9.17, 15) is 9.18 Å². The fourth-order valence-corrected chi connectivity index (χ4v) is 5.39. The summed E-state index contributed by atoms with van der Waals surface area (Å²) in [6, 6.07) is 6.64. The monoisotopic (exact) mass is 649 g/mol. The highest BCUT2D eigenvalue weighted by molar-refractivity contribution is 6.42. The number of amides is 1. The molecule has 0 saturated carbocycles. The Balaban J connectivity index is 1.35. The van der Waals surface area contributed by atoms with Crippen LogP contribution >= 0.6 is 23.2 Å². The van der Waals surface area contributed by atoms with E-state index in [0.717, 1.165) is 39.3 Å². The van der Waals surface area contributed by atoms with Crippen molar-refractivity contribution < 1.29 is 28.1 Å². The molecule has 0 spiro atoms. The number of likely N-dealkylation sites (tertiary alicyclic amines) is 1. The molecule has 5 rings (SSSR count). The third-order valence-electron chi connectivity index (χ3n) is 7.36. The molecule has 2 fully saturated rings. The minimum Gasteiger partial charge on any atom is -0.490 e. The number of aromatic nitrogens is 2. The van der Waals surface area contributed by atoms with E-state index in [1.165, 1.54) is 18.5 Å². The van der Waals surface area contributed by atoms with E-state index in [1.807, 2.05) is 32.9 Å². The van der Waals surface area contributed by atoms with Gasteiger partial charge in [-0.2, -0.15) is 0 Å². The molecule has 2 aliphatic heterocycles. The Morgan fingerprint density at radius 3 is 2.57 bits per heavy atom. The van der Waals surface area contributed by atoms with Crippen molar-refractivity contribution in [1.82, 2.24) is 19.8 Å². The van der Waals surface area contributed by atoms with E-state index in [0.29, 0.717) is 60.8 Å². The van der Waals surface area contributed by atoms with Gasteiger partial charge in [-0.25, -0.2) is 19.2 Å². The predicted octanol–water partition coefficient (Wildman–Crippen LogP) is 6.70. The van der Waals surface area contributed by atoms with E-state index in [2.05, 4.69) is 20.2 Å². The number of benzene rings is 2. The van der Waals surface area contributed by atoms with Crippen LogP contribution in [0.4, 0.5) is 20.7 Å². The summed E-state index contributed by atoms with van der Waals surface area (Å²) in [7, 11) is 0. The number of morpholine rings is 1. The van der Waals surface area contributed by atoms with Gasteiger partial charge in [-0.3, -0.25) is 4.90 Å². The zero-order valence-electron chi connectivity index (χ0n) is 25.2. The van der Waals surface area contributed by atoms with Crippen molar-refractivity contribution in [1.29, 1.82) is 0 Å². The van der Waals surface area contributed by atoms with Gasteiger partial charge in [0.2, 0.25) is 0 Å². The van der Waals surface area contributed by atoms with E-state index >= 15 is 0 Å². The quantitative estimate of drug-likeness (QED) is 0.201. The van der Waals surface area contributed by atoms with Crippen LogP contribution in [-0.4, -0.2) is 90.1 Å². The van der Waals surface area contributed by atoms with E-state index in [-0.39, 0.29) is 27.9 Å². The average molecular weight is 651 g/mol. The predicted molar refractivity (Wildman–Crippen MR) is 168 cm³/mol. The SMILES string of the molecule is CC(C)(C)OC(=O)N1CCC(Oc2cc3c(Nc4ccc(Cl)c(Cl)c4F)ncnc3cc2OCCCN2CCOCC2)CC1. The van der Waals surface area contributed by atoms with Crippen molar-refractivity contribution >= 4 is 51.7 Å². The van der Waals surface area contributed by atoms with Crippen LogP contribution in [-0.2, 0) is 9.47 Å². The fraction of sp³-hybridized carbons (Fsp3) is 0.516. The first-order valence-corrected chi connectivity index (χ1v) is 15.6. The summed E-state index contributed by atoms with van der Waals surface area (Å²) in [5, 5.41) is 3.57. The molecule has 3 heterocycles. The molecule has 2 saturated heterocycles. The van der Waals surface area contributed by atoms with Gasteiger partial charge >= 0.3 is 6.09 Å². The van der Waals surface area contributed by atoms with Crippen LogP contribution < -0.4 is 14.8 Å². The van der Waals surface area contributed by atoms with Crippen LogP contribution in [0.15, 0.2) is 30.6 Å². The first-order chi connectivity index (χ1) is 21.1. The number of rotatable bonds is 9. The van der Waals surface area contributed by atoms with Crippen molar-refractivity contribution in [3.8, 4) is 11.5 Å². The standard InChI is InChI=1S/C31H38Cl2FN5O5/c1-31(2,3)44-30(40)39-10-7-20(8-11-39)43-26-17-21-24(18-25(26)42-14-4-9-38-12-15-41-16-13-38)35-19-36-29(21)37-23-6-5-22(32)27(33)28(23)34/h5-6,17-20H,4,7-16H2,1-3H3,(H,35,36,37). The smallest absolute Gasteiger partial charge is 0.410 e. The minimum absolute atomic E-state index is 0.117. The highest BCUT2D eigenvalue weighted by Gasteiger charge is 2.28.